The van der Waals surface area contributed by atoms with Gasteiger partial charge >= 0.3 is 0 Å². The summed E-state index contributed by atoms with van der Waals surface area (Å²) >= 11 is 1.91. The molecule has 0 aromatic heterocycles. The Hall–Kier alpha value is -1.51. The van der Waals surface area contributed by atoms with Gasteiger partial charge in [0.05, 0.1) is 19.3 Å². The van der Waals surface area contributed by atoms with Crippen LogP contribution in [-0.2, 0) is 4.74 Å². The lowest BCUT2D eigenvalue weighted by Crippen LogP contribution is -2.43. The van der Waals surface area contributed by atoms with E-state index in [0.717, 1.165) is 13.1 Å². The Morgan fingerprint density at radius 2 is 2.04 bits per heavy atom. The molecular weight excluding hydrogens is 446 g/mol. The minimum Gasteiger partial charge on any atom is -0.379 e. The minimum atomic E-state index is -0.373. The van der Waals surface area contributed by atoms with Crippen LogP contribution in [0.4, 0.5) is 4.39 Å². The number of hydrogen-bond donors (Lipinski definition) is 1. The first-order chi connectivity index (χ1) is 12.5. The van der Waals surface area contributed by atoms with Crippen LogP contribution in [-0.4, -0.2) is 43.7 Å². The van der Waals surface area contributed by atoms with E-state index in [1.165, 1.54) is 17.2 Å². The van der Waals surface area contributed by atoms with E-state index in [-0.39, 0.29) is 17.8 Å². The Labute approximate surface area is 166 Å². The normalized spacial score (nSPS) is 16.3. The summed E-state index contributed by atoms with van der Waals surface area (Å²) in [5, 5.41) is 2.97. The zero-order valence-electron chi connectivity index (χ0n) is 14.7. The lowest BCUT2D eigenvalue weighted by atomic mass is 10.0. The fourth-order valence-corrected chi connectivity index (χ4v) is 3.49. The summed E-state index contributed by atoms with van der Waals surface area (Å²) in [6.07, 6.45) is 0. The van der Waals surface area contributed by atoms with Crippen LogP contribution < -0.4 is 5.32 Å². The number of aryl methyl sites for hydroxylation is 1. The van der Waals surface area contributed by atoms with Gasteiger partial charge in [-0.3, -0.25) is 9.69 Å². The third-order valence-corrected chi connectivity index (χ3v) is 5.43. The van der Waals surface area contributed by atoms with Gasteiger partial charge in [0.25, 0.3) is 5.91 Å². The third-order valence-electron chi connectivity index (χ3n) is 4.55. The van der Waals surface area contributed by atoms with E-state index in [1.807, 2.05) is 28.7 Å². The molecule has 26 heavy (non-hydrogen) atoms. The first kappa shape index (κ1) is 19.3. The summed E-state index contributed by atoms with van der Waals surface area (Å²) in [6, 6.07) is 13.0. The number of halogens is 2. The van der Waals surface area contributed by atoms with Crippen molar-refractivity contribution in [3.05, 3.63) is 68.5 Å². The zero-order valence-corrected chi connectivity index (χ0v) is 16.8. The molecule has 1 atom stereocenters. The molecule has 0 radical (unpaired) electrons. The highest BCUT2D eigenvalue weighted by atomic mass is 127. The average Bonchev–Trinajstić information content (AvgIpc) is 2.65. The van der Waals surface area contributed by atoms with E-state index >= 15 is 0 Å². The predicted molar refractivity (Wildman–Crippen MR) is 108 cm³/mol. The molecule has 1 amide bonds. The molecule has 6 heteroatoms. The Morgan fingerprint density at radius 3 is 2.73 bits per heavy atom. The quantitative estimate of drug-likeness (QED) is 0.683. The number of nitrogens with one attached hydrogen (secondary N) is 1. The topological polar surface area (TPSA) is 41.6 Å². The van der Waals surface area contributed by atoms with Crippen LogP contribution in [0.15, 0.2) is 42.5 Å². The van der Waals surface area contributed by atoms with Crippen molar-refractivity contribution in [1.29, 1.82) is 0 Å². The van der Waals surface area contributed by atoms with Gasteiger partial charge in [-0.1, -0.05) is 29.8 Å². The van der Waals surface area contributed by atoms with Crippen LogP contribution in [0.2, 0.25) is 0 Å². The molecule has 4 nitrogen and oxygen atoms in total. The van der Waals surface area contributed by atoms with E-state index in [1.54, 1.807) is 12.1 Å². The van der Waals surface area contributed by atoms with Crippen LogP contribution in [0.25, 0.3) is 0 Å². The summed E-state index contributed by atoms with van der Waals surface area (Å²) in [7, 11) is 0. The molecule has 1 aliphatic rings. The Kier molecular flexibility index (Phi) is 6.61. The summed E-state index contributed by atoms with van der Waals surface area (Å²) in [6.45, 7) is 5.57. The number of hydrogen-bond acceptors (Lipinski definition) is 3. The van der Waals surface area contributed by atoms with E-state index in [4.69, 9.17) is 4.74 Å². The molecule has 2 aromatic carbocycles. The molecule has 0 spiro atoms. The van der Waals surface area contributed by atoms with Gasteiger partial charge < -0.3 is 10.1 Å². The van der Waals surface area contributed by atoms with E-state index in [9.17, 15) is 9.18 Å². The van der Waals surface area contributed by atoms with Crippen LogP contribution in [0.1, 0.15) is 27.5 Å². The number of benzene rings is 2. The standard InChI is InChI=1S/C20H22FIN2O2/c1-14-3-2-4-15(11-14)19(24-7-9-26-10-8-24)13-23-20(25)16-5-6-18(22)17(21)12-16/h2-6,11-12,19H,7-10,13H2,1H3,(H,23,25). The molecule has 2 aromatic rings. The predicted octanol–water partition coefficient (Wildman–Crippen LogP) is 3.54. The Balaban J connectivity index is 1.74. The maximum Gasteiger partial charge on any atom is 0.251 e. The van der Waals surface area contributed by atoms with Gasteiger partial charge in [0, 0.05) is 28.8 Å². The molecule has 0 bridgehead atoms. The molecule has 1 heterocycles. The largest absolute Gasteiger partial charge is 0.379 e. The van der Waals surface area contributed by atoms with Crippen molar-refractivity contribution in [3.8, 4) is 0 Å². The van der Waals surface area contributed by atoms with Crippen molar-refractivity contribution >= 4 is 28.5 Å². The van der Waals surface area contributed by atoms with Gasteiger partial charge in [-0.05, 0) is 53.3 Å². The molecule has 3 rings (SSSR count). The average molecular weight is 468 g/mol. The molecule has 1 unspecified atom stereocenters. The van der Waals surface area contributed by atoms with Crippen LogP contribution in [0.3, 0.4) is 0 Å². The van der Waals surface area contributed by atoms with E-state index < -0.39 is 0 Å². The number of rotatable bonds is 5. The number of nitrogens with zero attached hydrogens (tertiary/aromatic N) is 1. The molecule has 1 aliphatic heterocycles. The zero-order chi connectivity index (χ0) is 18.5. The second-order valence-corrected chi connectivity index (χ2v) is 7.58. The molecule has 1 fully saturated rings. The Morgan fingerprint density at radius 1 is 1.27 bits per heavy atom. The van der Waals surface area contributed by atoms with Gasteiger partial charge in [0.1, 0.15) is 5.82 Å². The molecule has 0 aliphatic carbocycles. The van der Waals surface area contributed by atoms with Gasteiger partial charge in [0.15, 0.2) is 0 Å². The number of carbonyl (C=O) groups excluding carboxylic acids is 1. The van der Waals surface area contributed by atoms with Crippen molar-refractivity contribution in [2.75, 3.05) is 32.8 Å². The molecule has 138 valence electrons. The van der Waals surface area contributed by atoms with Crippen LogP contribution in [0.5, 0.6) is 0 Å². The lowest BCUT2D eigenvalue weighted by Gasteiger charge is -2.35. The molecule has 1 N–H and O–H groups in total. The molecular formula is C20H22FIN2O2. The highest BCUT2D eigenvalue weighted by molar-refractivity contribution is 14.1. The van der Waals surface area contributed by atoms with Gasteiger partial charge in [0.2, 0.25) is 0 Å². The van der Waals surface area contributed by atoms with Crippen LogP contribution in [0, 0.1) is 16.3 Å². The van der Waals surface area contributed by atoms with Gasteiger partial charge in [-0.25, -0.2) is 4.39 Å². The second kappa shape index (κ2) is 8.92. The third kappa shape index (κ3) is 4.81. The minimum absolute atomic E-state index is 0.0662. The second-order valence-electron chi connectivity index (χ2n) is 6.42. The maximum absolute atomic E-state index is 13.7. The monoisotopic (exact) mass is 468 g/mol. The number of carbonyl (C=O) groups is 1. The van der Waals surface area contributed by atoms with Crippen molar-refractivity contribution < 1.29 is 13.9 Å². The Bertz CT molecular complexity index is 778. The maximum atomic E-state index is 13.7. The summed E-state index contributed by atoms with van der Waals surface area (Å²) in [4.78, 5) is 14.8. The highest BCUT2D eigenvalue weighted by Gasteiger charge is 2.23. The first-order valence-corrected chi connectivity index (χ1v) is 9.74. The molecule has 1 saturated heterocycles. The fraction of sp³-hybridized carbons (Fsp3) is 0.350. The van der Waals surface area contributed by atoms with Crippen LogP contribution >= 0.6 is 22.6 Å². The van der Waals surface area contributed by atoms with Crippen molar-refractivity contribution in [2.45, 2.75) is 13.0 Å². The van der Waals surface area contributed by atoms with E-state index in [2.05, 4.69) is 35.3 Å². The number of morpholine rings is 1. The van der Waals surface area contributed by atoms with Crippen molar-refractivity contribution in [1.82, 2.24) is 10.2 Å². The number of ether oxygens (including phenoxy) is 1. The lowest BCUT2D eigenvalue weighted by molar-refractivity contribution is 0.0162. The molecule has 0 saturated carbocycles. The summed E-state index contributed by atoms with van der Waals surface area (Å²) < 4.78 is 19.7. The number of amides is 1. The van der Waals surface area contributed by atoms with E-state index in [0.29, 0.717) is 28.9 Å². The van der Waals surface area contributed by atoms with Gasteiger partial charge in [-0.2, -0.15) is 0 Å². The smallest absolute Gasteiger partial charge is 0.251 e. The summed E-state index contributed by atoms with van der Waals surface area (Å²) in [5.41, 5.74) is 2.70. The first-order valence-electron chi connectivity index (χ1n) is 8.66. The summed E-state index contributed by atoms with van der Waals surface area (Å²) in [5.74, 6) is -0.632. The fourth-order valence-electron chi connectivity index (χ4n) is 3.15. The van der Waals surface area contributed by atoms with Crippen molar-refractivity contribution in [2.24, 2.45) is 0 Å². The highest BCUT2D eigenvalue weighted by Crippen LogP contribution is 2.22. The van der Waals surface area contributed by atoms with Gasteiger partial charge in [-0.15, -0.1) is 0 Å². The SMILES string of the molecule is Cc1cccc(C(CNC(=O)c2ccc(I)c(F)c2)N2CCOCC2)c1. The van der Waals surface area contributed by atoms with Crippen molar-refractivity contribution in [3.63, 3.8) is 0 Å².